The van der Waals surface area contributed by atoms with E-state index >= 15 is 0 Å². The van der Waals surface area contributed by atoms with Gasteiger partial charge in [-0.3, -0.25) is 19.8 Å². The van der Waals surface area contributed by atoms with Gasteiger partial charge in [0.1, 0.15) is 22.8 Å². The molecule has 0 unspecified atom stereocenters. The summed E-state index contributed by atoms with van der Waals surface area (Å²) in [4.78, 5) is 25.9. The zero-order chi connectivity index (χ0) is 17.9. The lowest BCUT2D eigenvalue weighted by Gasteiger charge is -2.28. The first kappa shape index (κ1) is 17.5. The average Bonchev–Trinajstić information content (AvgIpc) is 2.55. The van der Waals surface area contributed by atoms with Crippen molar-refractivity contribution >= 4 is 35.2 Å². The van der Waals surface area contributed by atoms with Crippen LogP contribution in [0.25, 0.3) is 6.08 Å². The lowest BCUT2D eigenvalue weighted by Crippen LogP contribution is -2.53. The molecule has 1 aliphatic rings. The molecular formula is C16H16N2O5S. The van der Waals surface area contributed by atoms with Crippen LogP contribution in [0.4, 0.5) is 0 Å². The molecular weight excluding hydrogens is 332 g/mol. The van der Waals surface area contributed by atoms with E-state index in [1.54, 1.807) is 0 Å². The number of hydrogen-bond acceptors (Lipinski definition) is 6. The van der Waals surface area contributed by atoms with E-state index in [1.807, 2.05) is 0 Å². The second-order valence-electron chi connectivity index (χ2n) is 4.79. The number of thiocarbonyl (C=S) groups is 1. The van der Waals surface area contributed by atoms with E-state index in [9.17, 15) is 14.7 Å². The Morgan fingerprint density at radius 1 is 1.29 bits per heavy atom. The molecule has 0 spiro atoms. The quantitative estimate of drug-likeness (QED) is 0.360. The lowest BCUT2D eigenvalue weighted by atomic mass is 10.1. The third-order valence-electron chi connectivity index (χ3n) is 3.31. The molecule has 2 N–H and O–H groups in total. The van der Waals surface area contributed by atoms with Crippen LogP contribution in [0.15, 0.2) is 30.4 Å². The number of carbonyl (C=O) groups excluding carboxylic acids is 2. The van der Waals surface area contributed by atoms with Gasteiger partial charge in [-0.25, -0.2) is 0 Å². The van der Waals surface area contributed by atoms with Crippen molar-refractivity contribution in [3.63, 3.8) is 0 Å². The SMILES string of the molecule is C=CCN1C(=O)C(=Cc2c(OC)cc(O)cc2OC)C(=O)NC1=S. The molecule has 1 aliphatic heterocycles. The van der Waals surface area contributed by atoms with Gasteiger partial charge in [0.15, 0.2) is 5.11 Å². The van der Waals surface area contributed by atoms with Gasteiger partial charge in [-0.1, -0.05) is 6.08 Å². The standard InChI is InChI=1S/C16H16N2O5S/c1-4-5-18-15(21)11(14(20)17-16(18)24)8-10-12(22-2)6-9(19)7-13(10)23-3/h4,6-8,19H,1,5H2,2-3H3,(H,17,20,24). The predicted molar refractivity (Wildman–Crippen MR) is 91.8 cm³/mol. The highest BCUT2D eigenvalue weighted by Crippen LogP contribution is 2.35. The van der Waals surface area contributed by atoms with Gasteiger partial charge >= 0.3 is 0 Å². The van der Waals surface area contributed by atoms with Crippen molar-refractivity contribution < 1.29 is 24.2 Å². The second-order valence-corrected chi connectivity index (χ2v) is 5.17. The van der Waals surface area contributed by atoms with Gasteiger partial charge in [0.2, 0.25) is 0 Å². The van der Waals surface area contributed by atoms with Gasteiger partial charge < -0.3 is 14.6 Å². The van der Waals surface area contributed by atoms with Crippen LogP contribution in [0, 0.1) is 0 Å². The van der Waals surface area contributed by atoms with E-state index in [1.165, 1.54) is 43.4 Å². The topological polar surface area (TPSA) is 88.1 Å². The first-order chi connectivity index (χ1) is 11.4. The Morgan fingerprint density at radius 3 is 2.38 bits per heavy atom. The van der Waals surface area contributed by atoms with E-state index in [4.69, 9.17) is 21.7 Å². The molecule has 1 heterocycles. The monoisotopic (exact) mass is 348 g/mol. The van der Waals surface area contributed by atoms with E-state index in [0.717, 1.165) is 0 Å². The molecule has 0 aliphatic carbocycles. The van der Waals surface area contributed by atoms with Gasteiger partial charge in [-0.05, 0) is 18.3 Å². The normalized spacial score (nSPS) is 16.2. The zero-order valence-electron chi connectivity index (χ0n) is 13.2. The number of aromatic hydroxyl groups is 1. The molecule has 2 amide bonds. The number of benzene rings is 1. The molecule has 1 aromatic rings. The van der Waals surface area contributed by atoms with E-state index in [-0.39, 0.29) is 34.5 Å². The van der Waals surface area contributed by atoms with Crippen LogP contribution in [-0.2, 0) is 9.59 Å². The van der Waals surface area contributed by atoms with Crippen molar-refractivity contribution in [2.45, 2.75) is 0 Å². The molecule has 126 valence electrons. The highest BCUT2D eigenvalue weighted by Gasteiger charge is 2.33. The fourth-order valence-corrected chi connectivity index (χ4v) is 2.45. The van der Waals surface area contributed by atoms with Gasteiger partial charge in [0.25, 0.3) is 11.8 Å². The van der Waals surface area contributed by atoms with Gasteiger partial charge in [-0.2, -0.15) is 0 Å². The molecule has 0 radical (unpaired) electrons. The van der Waals surface area contributed by atoms with Crippen LogP contribution >= 0.6 is 12.2 Å². The first-order valence-electron chi connectivity index (χ1n) is 6.87. The Hall–Kier alpha value is -2.87. The fourth-order valence-electron chi connectivity index (χ4n) is 2.20. The maximum absolute atomic E-state index is 12.5. The summed E-state index contributed by atoms with van der Waals surface area (Å²) in [5, 5.41) is 12.1. The van der Waals surface area contributed by atoms with Crippen molar-refractivity contribution in [3.8, 4) is 17.2 Å². The Bertz CT molecular complexity index is 732. The summed E-state index contributed by atoms with van der Waals surface area (Å²) in [5.41, 5.74) is 0.218. The number of phenolic OH excluding ortho intramolecular Hbond substituents is 1. The highest BCUT2D eigenvalue weighted by molar-refractivity contribution is 7.80. The molecule has 7 nitrogen and oxygen atoms in total. The van der Waals surface area contributed by atoms with Crippen LogP contribution in [0.3, 0.4) is 0 Å². The number of methoxy groups -OCH3 is 2. The zero-order valence-corrected chi connectivity index (χ0v) is 14.0. The Kier molecular flexibility index (Phi) is 5.20. The molecule has 8 heteroatoms. The Balaban J connectivity index is 2.57. The molecule has 0 bridgehead atoms. The van der Waals surface area contributed by atoms with Crippen LogP contribution in [0.5, 0.6) is 17.2 Å². The Morgan fingerprint density at radius 2 is 1.88 bits per heavy atom. The number of phenols is 1. The summed E-state index contributed by atoms with van der Waals surface area (Å²) in [6.45, 7) is 3.73. The smallest absolute Gasteiger partial charge is 0.265 e. The van der Waals surface area contributed by atoms with Crippen LogP contribution < -0.4 is 14.8 Å². The van der Waals surface area contributed by atoms with Gasteiger partial charge in [-0.15, -0.1) is 6.58 Å². The molecule has 1 fully saturated rings. The number of amides is 2. The van der Waals surface area contributed by atoms with Crippen molar-refractivity contribution in [3.05, 3.63) is 35.9 Å². The Labute approximate surface area is 144 Å². The molecule has 0 atom stereocenters. The minimum Gasteiger partial charge on any atom is -0.508 e. The largest absolute Gasteiger partial charge is 0.508 e. The van der Waals surface area contributed by atoms with Gasteiger partial charge in [0.05, 0.1) is 19.8 Å². The lowest BCUT2D eigenvalue weighted by molar-refractivity contribution is -0.128. The molecule has 0 saturated carbocycles. The van der Waals surface area contributed by atoms with E-state index in [2.05, 4.69) is 11.9 Å². The fraction of sp³-hybridized carbons (Fsp3) is 0.188. The minimum absolute atomic E-state index is 0.0201. The van der Waals surface area contributed by atoms with Crippen molar-refractivity contribution in [2.24, 2.45) is 0 Å². The summed E-state index contributed by atoms with van der Waals surface area (Å²) in [6.07, 6.45) is 2.84. The number of rotatable bonds is 5. The molecule has 2 rings (SSSR count). The third-order valence-corrected chi connectivity index (χ3v) is 3.64. The molecule has 24 heavy (non-hydrogen) atoms. The van der Waals surface area contributed by atoms with Gasteiger partial charge in [0, 0.05) is 18.7 Å². The number of nitrogens with one attached hydrogen (secondary N) is 1. The van der Waals surface area contributed by atoms with E-state index < -0.39 is 11.8 Å². The van der Waals surface area contributed by atoms with Crippen LogP contribution in [-0.4, -0.2) is 47.7 Å². The summed E-state index contributed by atoms with van der Waals surface area (Å²) < 4.78 is 10.4. The summed E-state index contributed by atoms with van der Waals surface area (Å²) >= 11 is 4.99. The number of ether oxygens (including phenoxy) is 2. The number of carbonyl (C=O) groups is 2. The summed E-state index contributed by atoms with van der Waals surface area (Å²) in [5.74, 6) is -0.741. The third kappa shape index (κ3) is 3.23. The molecule has 1 saturated heterocycles. The number of nitrogens with zero attached hydrogens (tertiary/aromatic N) is 1. The van der Waals surface area contributed by atoms with E-state index in [0.29, 0.717) is 5.56 Å². The van der Waals surface area contributed by atoms with Crippen LogP contribution in [0.2, 0.25) is 0 Å². The predicted octanol–water partition coefficient (Wildman–Crippen LogP) is 1.22. The first-order valence-corrected chi connectivity index (χ1v) is 7.28. The second kappa shape index (κ2) is 7.14. The average molecular weight is 348 g/mol. The summed E-state index contributed by atoms with van der Waals surface area (Å²) in [7, 11) is 2.80. The number of hydrogen-bond donors (Lipinski definition) is 2. The molecule has 1 aromatic carbocycles. The highest BCUT2D eigenvalue weighted by atomic mass is 32.1. The van der Waals surface area contributed by atoms with Crippen molar-refractivity contribution in [2.75, 3.05) is 20.8 Å². The molecule has 0 aromatic heterocycles. The minimum atomic E-state index is -0.623. The summed E-state index contributed by atoms with van der Waals surface area (Å²) in [6, 6.07) is 2.71. The maximum atomic E-state index is 12.5. The van der Waals surface area contributed by atoms with Crippen molar-refractivity contribution in [1.29, 1.82) is 0 Å². The maximum Gasteiger partial charge on any atom is 0.265 e. The van der Waals surface area contributed by atoms with Crippen LogP contribution in [0.1, 0.15) is 5.56 Å². The van der Waals surface area contributed by atoms with Crippen molar-refractivity contribution in [1.82, 2.24) is 10.2 Å².